The maximum Gasteiger partial charge on any atom is 0.162 e. The summed E-state index contributed by atoms with van der Waals surface area (Å²) in [7, 11) is 0. The van der Waals surface area contributed by atoms with Crippen LogP contribution in [0.4, 0.5) is 5.82 Å². The lowest BCUT2D eigenvalue weighted by Gasteiger charge is -2.29. The van der Waals surface area contributed by atoms with Gasteiger partial charge in [0, 0.05) is 24.0 Å². The average molecular weight is 382 g/mol. The molecule has 1 aliphatic rings. The van der Waals surface area contributed by atoms with E-state index in [1.54, 1.807) is 0 Å². The topological polar surface area (TPSA) is 29.0 Å². The Morgan fingerprint density at radius 2 is 1.48 bits per heavy atom. The molecule has 4 rings (SSSR count). The van der Waals surface area contributed by atoms with Crippen molar-refractivity contribution < 1.29 is 0 Å². The Labute approximate surface area is 168 Å². The van der Waals surface area contributed by atoms with Crippen LogP contribution >= 0.6 is 12.4 Å². The van der Waals surface area contributed by atoms with Crippen molar-refractivity contribution in [2.45, 2.75) is 45.4 Å². The highest BCUT2D eigenvalue weighted by Gasteiger charge is 2.18. The molecule has 0 aliphatic carbocycles. The molecule has 27 heavy (non-hydrogen) atoms. The fourth-order valence-electron chi connectivity index (χ4n) is 3.66. The number of rotatable bonds is 2. The predicted octanol–water partition coefficient (Wildman–Crippen LogP) is 6.01. The number of halogens is 1. The van der Waals surface area contributed by atoms with Crippen molar-refractivity contribution in [3.8, 4) is 11.4 Å². The Morgan fingerprint density at radius 1 is 0.815 bits per heavy atom. The lowest BCUT2D eigenvalue weighted by Crippen LogP contribution is -2.30. The molecule has 2 aromatic carbocycles. The smallest absolute Gasteiger partial charge is 0.162 e. The Bertz CT molecular complexity index is 907. The van der Waals surface area contributed by atoms with Crippen molar-refractivity contribution in [3.05, 3.63) is 54.1 Å². The van der Waals surface area contributed by atoms with E-state index in [1.165, 1.54) is 24.8 Å². The van der Waals surface area contributed by atoms with Crippen molar-refractivity contribution in [1.82, 2.24) is 9.97 Å². The molecule has 0 N–H and O–H groups in total. The quantitative estimate of drug-likeness (QED) is 0.544. The highest BCUT2D eigenvalue weighted by molar-refractivity contribution is 5.91. The van der Waals surface area contributed by atoms with Gasteiger partial charge in [-0.25, -0.2) is 9.97 Å². The van der Waals surface area contributed by atoms with Crippen LogP contribution in [-0.2, 0) is 5.41 Å². The molecule has 3 nitrogen and oxygen atoms in total. The second kappa shape index (κ2) is 7.85. The molecule has 4 heteroatoms. The van der Waals surface area contributed by atoms with E-state index in [9.17, 15) is 0 Å². The Balaban J connectivity index is 0.00000210. The molecule has 3 aromatic rings. The van der Waals surface area contributed by atoms with Gasteiger partial charge >= 0.3 is 0 Å². The van der Waals surface area contributed by atoms with Crippen LogP contribution in [0.25, 0.3) is 22.3 Å². The number of piperidine rings is 1. The van der Waals surface area contributed by atoms with Gasteiger partial charge < -0.3 is 4.90 Å². The molecule has 0 unspecified atom stereocenters. The molecule has 142 valence electrons. The van der Waals surface area contributed by atoms with Crippen LogP contribution in [0, 0.1) is 0 Å². The fourth-order valence-corrected chi connectivity index (χ4v) is 3.66. The van der Waals surface area contributed by atoms with E-state index in [4.69, 9.17) is 9.97 Å². The van der Waals surface area contributed by atoms with E-state index in [2.05, 4.69) is 74.2 Å². The van der Waals surface area contributed by atoms with Gasteiger partial charge in [-0.2, -0.15) is 0 Å². The molecule has 0 atom stereocenters. The second-order valence-electron chi connectivity index (χ2n) is 8.26. The minimum Gasteiger partial charge on any atom is -0.356 e. The van der Waals surface area contributed by atoms with E-state index in [1.807, 2.05) is 0 Å². The van der Waals surface area contributed by atoms with Crippen LogP contribution in [-0.4, -0.2) is 23.1 Å². The molecule has 0 saturated carbocycles. The normalized spacial score (nSPS) is 14.9. The molecule has 0 amide bonds. The van der Waals surface area contributed by atoms with Crippen molar-refractivity contribution in [2.75, 3.05) is 18.0 Å². The van der Waals surface area contributed by atoms with Crippen molar-refractivity contribution >= 4 is 29.1 Å². The van der Waals surface area contributed by atoms with Crippen molar-refractivity contribution in [1.29, 1.82) is 0 Å². The van der Waals surface area contributed by atoms with E-state index >= 15 is 0 Å². The number of hydrogen-bond donors (Lipinski definition) is 0. The molecule has 0 radical (unpaired) electrons. The summed E-state index contributed by atoms with van der Waals surface area (Å²) < 4.78 is 0. The highest BCUT2D eigenvalue weighted by Crippen LogP contribution is 2.30. The first-order valence-electron chi connectivity index (χ1n) is 9.65. The van der Waals surface area contributed by atoms with Gasteiger partial charge in [0.2, 0.25) is 0 Å². The lowest BCUT2D eigenvalue weighted by molar-refractivity contribution is 0.575. The van der Waals surface area contributed by atoms with Crippen LogP contribution in [0.15, 0.2) is 48.5 Å². The Hall–Kier alpha value is -2.13. The van der Waals surface area contributed by atoms with Crippen LogP contribution in [0.2, 0.25) is 0 Å². The van der Waals surface area contributed by atoms with Gasteiger partial charge in [-0.3, -0.25) is 0 Å². The Kier molecular flexibility index (Phi) is 5.71. The van der Waals surface area contributed by atoms with Crippen LogP contribution in [0.1, 0.15) is 45.6 Å². The van der Waals surface area contributed by atoms with E-state index in [0.29, 0.717) is 0 Å². The van der Waals surface area contributed by atoms with Gasteiger partial charge in [0.15, 0.2) is 5.82 Å². The molecule has 1 aromatic heterocycles. The molecule has 0 bridgehead atoms. The summed E-state index contributed by atoms with van der Waals surface area (Å²) in [5, 5.41) is 1.16. The van der Waals surface area contributed by atoms with Gasteiger partial charge in [0.05, 0.1) is 5.52 Å². The number of para-hydroxylation sites is 1. The van der Waals surface area contributed by atoms with Crippen LogP contribution in [0.5, 0.6) is 0 Å². The molecule has 1 saturated heterocycles. The second-order valence-corrected chi connectivity index (χ2v) is 8.26. The summed E-state index contributed by atoms with van der Waals surface area (Å²) >= 11 is 0. The van der Waals surface area contributed by atoms with Crippen molar-refractivity contribution in [2.24, 2.45) is 0 Å². The number of aromatic nitrogens is 2. The predicted molar refractivity (Wildman–Crippen MR) is 117 cm³/mol. The standard InChI is InChI=1S/C23H27N3.ClH/c1-23(2,3)18-13-11-17(12-14-18)21-24-20-10-6-5-9-19(20)22(25-21)26-15-7-4-8-16-26;/h5-6,9-14H,4,7-8,15-16H2,1-3H3;1H. The zero-order valence-corrected chi connectivity index (χ0v) is 17.2. The third-order valence-electron chi connectivity index (χ3n) is 5.25. The summed E-state index contributed by atoms with van der Waals surface area (Å²) in [5.74, 6) is 1.91. The summed E-state index contributed by atoms with van der Waals surface area (Å²) in [5.41, 5.74) is 3.60. The third-order valence-corrected chi connectivity index (χ3v) is 5.25. The van der Waals surface area contributed by atoms with Gasteiger partial charge in [-0.05, 0) is 42.4 Å². The largest absolute Gasteiger partial charge is 0.356 e. The monoisotopic (exact) mass is 381 g/mol. The number of hydrogen-bond acceptors (Lipinski definition) is 3. The van der Waals surface area contributed by atoms with Gasteiger partial charge in [-0.1, -0.05) is 57.2 Å². The molecule has 2 heterocycles. The summed E-state index contributed by atoms with van der Waals surface area (Å²) in [6, 6.07) is 17.1. The maximum absolute atomic E-state index is 5.00. The molecular formula is C23H28ClN3. The first-order chi connectivity index (χ1) is 12.5. The van der Waals surface area contributed by atoms with Gasteiger partial charge in [-0.15, -0.1) is 12.4 Å². The van der Waals surface area contributed by atoms with Crippen LogP contribution in [0.3, 0.4) is 0 Å². The van der Waals surface area contributed by atoms with E-state index in [-0.39, 0.29) is 17.8 Å². The Morgan fingerprint density at radius 3 is 2.15 bits per heavy atom. The molecular weight excluding hydrogens is 354 g/mol. The van der Waals surface area contributed by atoms with Gasteiger partial charge in [0.25, 0.3) is 0 Å². The maximum atomic E-state index is 5.00. The minimum absolute atomic E-state index is 0. The minimum atomic E-state index is 0. The highest BCUT2D eigenvalue weighted by atomic mass is 35.5. The number of fused-ring (bicyclic) bond motifs is 1. The first kappa shape index (κ1) is 19.6. The summed E-state index contributed by atoms with van der Waals surface area (Å²) in [4.78, 5) is 12.3. The van der Waals surface area contributed by atoms with E-state index in [0.717, 1.165) is 41.2 Å². The van der Waals surface area contributed by atoms with Gasteiger partial charge in [0.1, 0.15) is 5.82 Å². The van der Waals surface area contributed by atoms with E-state index < -0.39 is 0 Å². The van der Waals surface area contributed by atoms with Crippen molar-refractivity contribution in [3.63, 3.8) is 0 Å². The average Bonchev–Trinajstić information content (AvgIpc) is 2.67. The number of benzene rings is 2. The summed E-state index contributed by atoms with van der Waals surface area (Å²) in [6.07, 6.45) is 3.81. The molecule has 1 aliphatic heterocycles. The first-order valence-corrected chi connectivity index (χ1v) is 9.65. The summed E-state index contributed by atoms with van der Waals surface area (Å²) in [6.45, 7) is 8.89. The van der Waals surface area contributed by atoms with Crippen LogP contribution < -0.4 is 4.90 Å². The zero-order chi connectivity index (χ0) is 18.1. The zero-order valence-electron chi connectivity index (χ0n) is 16.4. The SMILES string of the molecule is CC(C)(C)c1ccc(-c2nc(N3CCCCC3)c3ccccc3n2)cc1.Cl. The number of nitrogens with zero attached hydrogens (tertiary/aromatic N) is 3. The lowest BCUT2D eigenvalue weighted by atomic mass is 9.87. The molecule has 0 spiro atoms. The third kappa shape index (κ3) is 4.08. The fraction of sp³-hybridized carbons (Fsp3) is 0.391. The molecule has 1 fully saturated rings. The number of anilines is 1.